The van der Waals surface area contributed by atoms with E-state index in [1.807, 2.05) is 19.9 Å². The monoisotopic (exact) mass is 299 g/mol. The first-order valence-electron chi connectivity index (χ1n) is 7.10. The molecule has 1 aromatic heterocycles. The van der Waals surface area contributed by atoms with Gasteiger partial charge < -0.3 is 5.32 Å². The predicted octanol–water partition coefficient (Wildman–Crippen LogP) is 2.00. The van der Waals surface area contributed by atoms with Gasteiger partial charge in [-0.25, -0.2) is 13.4 Å². The Morgan fingerprint density at radius 2 is 2.00 bits per heavy atom. The summed E-state index contributed by atoms with van der Waals surface area (Å²) < 4.78 is 26.2. The van der Waals surface area contributed by atoms with Gasteiger partial charge >= 0.3 is 0 Å². The van der Waals surface area contributed by atoms with E-state index in [1.54, 1.807) is 12.3 Å². The first-order valence-corrected chi connectivity index (χ1v) is 8.54. The third-order valence-electron chi connectivity index (χ3n) is 2.94. The van der Waals surface area contributed by atoms with Gasteiger partial charge in [-0.15, -0.1) is 0 Å². The highest BCUT2D eigenvalue weighted by molar-refractivity contribution is 7.89. The fourth-order valence-electron chi connectivity index (χ4n) is 1.82. The zero-order valence-electron chi connectivity index (χ0n) is 12.8. The summed E-state index contributed by atoms with van der Waals surface area (Å²) in [5, 5.41) is 3.40. The van der Waals surface area contributed by atoms with Crippen LogP contribution in [0, 0.1) is 0 Å². The number of sulfonamides is 1. The van der Waals surface area contributed by atoms with Crippen LogP contribution in [0.25, 0.3) is 0 Å². The van der Waals surface area contributed by atoms with E-state index >= 15 is 0 Å². The first kappa shape index (κ1) is 17.1. The molecule has 0 fully saturated rings. The lowest BCUT2D eigenvalue weighted by atomic mass is 10.2. The molecule has 1 rings (SSSR count). The predicted molar refractivity (Wildman–Crippen MR) is 80.9 cm³/mol. The molecule has 1 aromatic rings. The molecule has 0 bridgehead atoms. The van der Waals surface area contributed by atoms with Crippen LogP contribution < -0.4 is 5.32 Å². The molecule has 0 amide bonds. The molecule has 0 aromatic carbocycles. The summed E-state index contributed by atoms with van der Waals surface area (Å²) in [7, 11) is -3.46. The van der Waals surface area contributed by atoms with Crippen LogP contribution in [0.1, 0.15) is 39.7 Å². The highest BCUT2D eigenvalue weighted by atomic mass is 32.2. The standard InChI is InChI=1S/C14H25N3O2S/c1-5-9-17(6-2)20(18,19)14-8-7-13(11-16-14)10-15-12(3)4/h7-8,11-12,15H,5-6,9-10H2,1-4H3. The van der Waals surface area contributed by atoms with Crippen LogP contribution in [-0.4, -0.2) is 36.8 Å². The van der Waals surface area contributed by atoms with Gasteiger partial charge in [-0.05, 0) is 18.1 Å². The minimum atomic E-state index is -3.46. The molecular formula is C14H25N3O2S. The van der Waals surface area contributed by atoms with Crippen molar-refractivity contribution in [2.45, 2.75) is 51.7 Å². The van der Waals surface area contributed by atoms with Crippen LogP contribution in [0.5, 0.6) is 0 Å². The number of aromatic nitrogens is 1. The van der Waals surface area contributed by atoms with Crippen molar-refractivity contribution in [1.82, 2.24) is 14.6 Å². The molecule has 0 aliphatic rings. The van der Waals surface area contributed by atoms with Gasteiger partial charge in [0.05, 0.1) is 0 Å². The number of nitrogens with one attached hydrogen (secondary N) is 1. The molecule has 1 heterocycles. The summed E-state index contributed by atoms with van der Waals surface area (Å²) >= 11 is 0. The highest BCUT2D eigenvalue weighted by Gasteiger charge is 2.23. The molecule has 1 N–H and O–H groups in total. The topological polar surface area (TPSA) is 62.3 Å². The SMILES string of the molecule is CCCN(CC)S(=O)(=O)c1ccc(CNC(C)C)cn1. The Balaban J connectivity index is 2.86. The minimum absolute atomic E-state index is 0.126. The normalized spacial score (nSPS) is 12.3. The van der Waals surface area contributed by atoms with E-state index in [0.29, 0.717) is 25.7 Å². The van der Waals surface area contributed by atoms with E-state index in [2.05, 4.69) is 24.1 Å². The average Bonchev–Trinajstić information content (AvgIpc) is 2.42. The lowest BCUT2D eigenvalue weighted by Gasteiger charge is -2.19. The van der Waals surface area contributed by atoms with E-state index in [4.69, 9.17) is 0 Å². The molecule has 0 aliphatic carbocycles. The number of nitrogens with zero attached hydrogens (tertiary/aromatic N) is 2. The van der Waals surface area contributed by atoms with E-state index in [1.165, 1.54) is 4.31 Å². The average molecular weight is 299 g/mol. The van der Waals surface area contributed by atoms with Gasteiger partial charge in [0.1, 0.15) is 0 Å². The second kappa shape index (κ2) is 7.71. The summed E-state index contributed by atoms with van der Waals surface area (Å²) in [6.45, 7) is 9.62. The summed E-state index contributed by atoms with van der Waals surface area (Å²) in [5.41, 5.74) is 0.983. The smallest absolute Gasteiger partial charge is 0.260 e. The lowest BCUT2D eigenvalue weighted by Crippen LogP contribution is -2.32. The number of pyridine rings is 1. The molecule has 0 radical (unpaired) electrons. The minimum Gasteiger partial charge on any atom is -0.310 e. The van der Waals surface area contributed by atoms with Gasteiger partial charge in [-0.3, -0.25) is 0 Å². The highest BCUT2D eigenvalue weighted by Crippen LogP contribution is 2.14. The Kier molecular flexibility index (Phi) is 6.58. The second-order valence-corrected chi connectivity index (χ2v) is 6.92. The number of rotatable bonds is 8. The van der Waals surface area contributed by atoms with Crippen molar-refractivity contribution in [1.29, 1.82) is 0 Å². The van der Waals surface area contributed by atoms with Crippen molar-refractivity contribution in [3.63, 3.8) is 0 Å². The number of hydrogen-bond donors (Lipinski definition) is 1. The molecule has 0 spiro atoms. The van der Waals surface area contributed by atoms with Crippen LogP contribution in [0.2, 0.25) is 0 Å². The first-order chi connectivity index (χ1) is 9.41. The molecular weight excluding hydrogens is 274 g/mol. The zero-order chi connectivity index (χ0) is 15.2. The van der Waals surface area contributed by atoms with Crippen LogP contribution in [0.3, 0.4) is 0 Å². The van der Waals surface area contributed by atoms with Gasteiger partial charge in [0.15, 0.2) is 5.03 Å². The summed E-state index contributed by atoms with van der Waals surface area (Å²) in [6.07, 6.45) is 2.42. The Hall–Kier alpha value is -0.980. The second-order valence-electron chi connectivity index (χ2n) is 5.04. The maximum Gasteiger partial charge on any atom is 0.260 e. The molecule has 20 heavy (non-hydrogen) atoms. The van der Waals surface area contributed by atoms with E-state index in [9.17, 15) is 8.42 Å². The Morgan fingerprint density at radius 1 is 1.30 bits per heavy atom. The molecule has 0 saturated heterocycles. The molecule has 0 atom stereocenters. The van der Waals surface area contributed by atoms with Crippen molar-refractivity contribution >= 4 is 10.0 Å². The molecule has 0 unspecified atom stereocenters. The maximum absolute atomic E-state index is 12.4. The van der Waals surface area contributed by atoms with E-state index < -0.39 is 10.0 Å². The lowest BCUT2D eigenvalue weighted by molar-refractivity contribution is 0.425. The molecule has 6 heteroatoms. The Bertz CT molecular complexity index is 498. The van der Waals surface area contributed by atoms with Gasteiger partial charge in [-0.1, -0.05) is 33.8 Å². The van der Waals surface area contributed by atoms with Gasteiger partial charge in [0.25, 0.3) is 10.0 Å². The fraction of sp³-hybridized carbons (Fsp3) is 0.643. The van der Waals surface area contributed by atoms with E-state index in [0.717, 1.165) is 12.0 Å². The molecule has 5 nitrogen and oxygen atoms in total. The van der Waals surface area contributed by atoms with Crippen molar-refractivity contribution < 1.29 is 8.42 Å². The fourth-order valence-corrected chi connectivity index (χ4v) is 3.27. The van der Waals surface area contributed by atoms with Gasteiger partial charge in [0.2, 0.25) is 0 Å². The number of hydrogen-bond acceptors (Lipinski definition) is 4. The summed E-state index contributed by atoms with van der Waals surface area (Å²) in [5.74, 6) is 0. The molecule has 0 saturated carbocycles. The molecule has 114 valence electrons. The van der Waals surface area contributed by atoms with Crippen molar-refractivity contribution in [2.24, 2.45) is 0 Å². The Morgan fingerprint density at radius 3 is 2.45 bits per heavy atom. The third kappa shape index (κ3) is 4.54. The summed E-state index contributed by atoms with van der Waals surface area (Å²) in [4.78, 5) is 4.11. The van der Waals surface area contributed by atoms with Crippen LogP contribution in [-0.2, 0) is 16.6 Å². The van der Waals surface area contributed by atoms with Crippen molar-refractivity contribution in [3.05, 3.63) is 23.9 Å². The largest absolute Gasteiger partial charge is 0.310 e. The quantitative estimate of drug-likeness (QED) is 0.797. The molecule has 0 aliphatic heterocycles. The van der Waals surface area contributed by atoms with Crippen molar-refractivity contribution in [3.8, 4) is 0 Å². The van der Waals surface area contributed by atoms with Crippen molar-refractivity contribution in [2.75, 3.05) is 13.1 Å². The maximum atomic E-state index is 12.4. The zero-order valence-corrected chi connectivity index (χ0v) is 13.6. The Labute approximate surface area is 122 Å². The summed E-state index contributed by atoms with van der Waals surface area (Å²) in [6, 6.07) is 3.79. The third-order valence-corrected chi connectivity index (χ3v) is 4.83. The van der Waals surface area contributed by atoms with Gasteiger partial charge in [-0.2, -0.15) is 4.31 Å². The van der Waals surface area contributed by atoms with Crippen LogP contribution in [0.4, 0.5) is 0 Å². The van der Waals surface area contributed by atoms with Crippen LogP contribution in [0.15, 0.2) is 23.4 Å². The van der Waals surface area contributed by atoms with E-state index in [-0.39, 0.29) is 5.03 Å². The van der Waals surface area contributed by atoms with Gasteiger partial charge in [0, 0.05) is 31.9 Å². The van der Waals surface area contributed by atoms with Crippen LogP contribution >= 0.6 is 0 Å².